The van der Waals surface area contributed by atoms with Crippen LogP contribution in [0.25, 0.3) is 0 Å². The van der Waals surface area contributed by atoms with Gasteiger partial charge in [0.05, 0.1) is 0 Å². The third-order valence-electron chi connectivity index (χ3n) is 6.45. The van der Waals surface area contributed by atoms with Crippen molar-refractivity contribution in [2.75, 3.05) is 23.4 Å². The summed E-state index contributed by atoms with van der Waals surface area (Å²) >= 11 is 0. The fourth-order valence-electron chi connectivity index (χ4n) is 4.58. The number of fused-ring (bicyclic) bond motifs is 1. The molecule has 0 spiro atoms. The fourth-order valence-corrected chi connectivity index (χ4v) is 4.58. The first kappa shape index (κ1) is 22.2. The highest BCUT2D eigenvalue weighted by Crippen LogP contribution is 2.28. The van der Waals surface area contributed by atoms with E-state index < -0.39 is 6.10 Å². The second-order valence-corrected chi connectivity index (χ2v) is 8.87. The summed E-state index contributed by atoms with van der Waals surface area (Å²) in [6.45, 7) is 2.99. The average Bonchev–Trinajstić information content (AvgIpc) is 3.55. The molecule has 3 aromatic carbocycles. The molecular weight excluding hydrogens is 426 g/mol. The Morgan fingerprint density at radius 3 is 2.62 bits per heavy atom. The summed E-state index contributed by atoms with van der Waals surface area (Å²) in [5.74, 6) is -0.335. The number of amides is 2. The molecular formula is C28H29N3O3. The van der Waals surface area contributed by atoms with E-state index in [0.29, 0.717) is 24.4 Å². The Morgan fingerprint density at radius 1 is 0.971 bits per heavy atom. The summed E-state index contributed by atoms with van der Waals surface area (Å²) < 4.78 is 5.42. The maximum atomic E-state index is 12.7. The van der Waals surface area contributed by atoms with Gasteiger partial charge in [-0.2, -0.15) is 0 Å². The van der Waals surface area contributed by atoms with E-state index in [1.807, 2.05) is 0 Å². The number of carbonyl (C=O) groups is 2. The predicted molar refractivity (Wildman–Crippen MR) is 133 cm³/mol. The molecule has 1 unspecified atom stereocenters. The summed E-state index contributed by atoms with van der Waals surface area (Å²) in [4.78, 5) is 27.3. The van der Waals surface area contributed by atoms with Crippen molar-refractivity contribution >= 4 is 23.2 Å². The molecule has 2 heterocycles. The molecule has 2 aliphatic heterocycles. The largest absolute Gasteiger partial charge is 0.368 e. The number of carbonyl (C=O) groups excluding carboxylic acids is 2. The summed E-state index contributed by atoms with van der Waals surface area (Å²) in [6.07, 6.45) is 2.32. The molecule has 2 N–H and O–H groups in total. The lowest BCUT2D eigenvalue weighted by Gasteiger charge is -2.19. The second kappa shape index (κ2) is 10.1. The smallest absolute Gasteiger partial charge is 0.253 e. The Balaban J connectivity index is 1.14. The van der Waals surface area contributed by atoms with Gasteiger partial charge in [-0.25, -0.2) is 0 Å². The molecule has 6 nitrogen and oxygen atoms in total. The van der Waals surface area contributed by atoms with Crippen LogP contribution in [0.4, 0.5) is 11.4 Å². The van der Waals surface area contributed by atoms with Crippen LogP contribution in [0.15, 0.2) is 72.8 Å². The van der Waals surface area contributed by atoms with Gasteiger partial charge in [-0.3, -0.25) is 9.59 Å². The molecule has 0 bridgehead atoms. The van der Waals surface area contributed by atoms with E-state index in [4.69, 9.17) is 4.74 Å². The monoisotopic (exact) mass is 455 g/mol. The summed E-state index contributed by atoms with van der Waals surface area (Å²) in [7, 11) is 0. The normalized spacial score (nSPS) is 16.8. The fraction of sp³-hybridized carbons (Fsp3) is 0.286. The van der Waals surface area contributed by atoms with Crippen LogP contribution in [0.1, 0.15) is 39.9 Å². The number of hydrogen-bond acceptors (Lipinski definition) is 4. The number of ether oxygens (including phenoxy) is 1. The van der Waals surface area contributed by atoms with Crippen LogP contribution in [0, 0.1) is 0 Å². The van der Waals surface area contributed by atoms with E-state index in [1.165, 1.54) is 16.8 Å². The topological polar surface area (TPSA) is 70.7 Å². The quantitative estimate of drug-likeness (QED) is 0.557. The Bertz CT molecular complexity index is 1170. The minimum atomic E-state index is -0.402. The SMILES string of the molecule is O=C(NCc1ccc(CN2CCc3ccccc32)cc1)c1cccc(NC(=O)C2CCCO2)c1. The second-order valence-electron chi connectivity index (χ2n) is 8.87. The van der Waals surface area contributed by atoms with Crippen LogP contribution in [-0.2, 0) is 29.0 Å². The van der Waals surface area contributed by atoms with Crippen molar-refractivity contribution in [1.82, 2.24) is 5.32 Å². The van der Waals surface area contributed by atoms with Gasteiger partial charge < -0.3 is 20.3 Å². The van der Waals surface area contributed by atoms with Gasteiger partial charge >= 0.3 is 0 Å². The van der Waals surface area contributed by atoms with Crippen molar-refractivity contribution in [2.45, 2.75) is 38.5 Å². The van der Waals surface area contributed by atoms with Crippen molar-refractivity contribution < 1.29 is 14.3 Å². The molecule has 5 rings (SSSR count). The van der Waals surface area contributed by atoms with E-state index in [0.717, 1.165) is 37.9 Å². The number of benzene rings is 3. The Morgan fingerprint density at radius 2 is 1.79 bits per heavy atom. The van der Waals surface area contributed by atoms with Gasteiger partial charge in [-0.15, -0.1) is 0 Å². The molecule has 1 fully saturated rings. The lowest BCUT2D eigenvalue weighted by Crippen LogP contribution is -2.27. The Labute approximate surface area is 199 Å². The van der Waals surface area contributed by atoms with Gasteiger partial charge in [0.2, 0.25) is 0 Å². The number of nitrogens with zero attached hydrogens (tertiary/aromatic N) is 1. The van der Waals surface area contributed by atoms with E-state index in [1.54, 1.807) is 24.3 Å². The molecule has 0 aromatic heterocycles. The van der Waals surface area contributed by atoms with Gasteiger partial charge in [0.1, 0.15) is 6.10 Å². The standard InChI is InChI=1S/C28H29N3O3/c32-27(23-6-3-7-24(17-23)30-28(33)26-9-4-16-34-26)29-18-20-10-12-21(13-11-20)19-31-15-14-22-5-1-2-8-25(22)31/h1-3,5-8,10-13,17,26H,4,9,14-16,18-19H2,(H,29,32)(H,30,33). The third kappa shape index (κ3) is 5.13. The first-order valence-corrected chi connectivity index (χ1v) is 11.9. The van der Waals surface area contributed by atoms with Gasteiger partial charge in [-0.1, -0.05) is 48.5 Å². The molecule has 34 heavy (non-hydrogen) atoms. The highest BCUT2D eigenvalue weighted by atomic mass is 16.5. The van der Waals surface area contributed by atoms with Crippen molar-refractivity contribution in [2.24, 2.45) is 0 Å². The van der Waals surface area contributed by atoms with E-state index in [2.05, 4.69) is 64.1 Å². The van der Waals surface area contributed by atoms with E-state index in [-0.39, 0.29) is 11.8 Å². The van der Waals surface area contributed by atoms with Crippen molar-refractivity contribution in [1.29, 1.82) is 0 Å². The first-order valence-electron chi connectivity index (χ1n) is 11.9. The first-order chi connectivity index (χ1) is 16.7. The zero-order valence-corrected chi connectivity index (χ0v) is 19.1. The van der Waals surface area contributed by atoms with Crippen LogP contribution in [0.5, 0.6) is 0 Å². The molecule has 0 saturated carbocycles. The molecule has 0 radical (unpaired) electrons. The minimum Gasteiger partial charge on any atom is -0.368 e. The Hall–Kier alpha value is -3.64. The average molecular weight is 456 g/mol. The zero-order chi connectivity index (χ0) is 23.3. The van der Waals surface area contributed by atoms with Crippen molar-refractivity contribution in [3.8, 4) is 0 Å². The lowest BCUT2D eigenvalue weighted by molar-refractivity contribution is -0.124. The molecule has 174 valence electrons. The summed E-state index contributed by atoms with van der Waals surface area (Å²) in [5, 5.41) is 5.82. The number of anilines is 2. The number of rotatable bonds is 7. The summed E-state index contributed by atoms with van der Waals surface area (Å²) in [5.41, 5.74) is 6.14. The van der Waals surface area contributed by atoms with Crippen LogP contribution < -0.4 is 15.5 Å². The van der Waals surface area contributed by atoms with Crippen molar-refractivity contribution in [3.05, 3.63) is 95.1 Å². The molecule has 2 amide bonds. The highest BCUT2D eigenvalue weighted by molar-refractivity contribution is 5.98. The molecule has 1 saturated heterocycles. The van der Waals surface area contributed by atoms with Crippen LogP contribution in [-0.4, -0.2) is 31.1 Å². The number of nitrogens with one attached hydrogen (secondary N) is 2. The molecule has 0 aliphatic carbocycles. The van der Waals surface area contributed by atoms with Crippen LogP contribution in [0.2, 0.25) is 0 Å². The summed E-state index contributed by atoms with van der Waals surface area (Å²) in [6, 6.07) is 24.0. The minimum absolute atomic E-state index is 0.160. The maximum absolute atomic E-state index is 12.7. The Kier molecular flexibility index (Phi) is 6.58. The van der Waals surface area contributed by atoms with Crippen molar-refractivity contribution in [3.63, 3.8) is 0 Å². The van der Waals surface area contributed by atoms with E-state index >= 15 is 0 Å². The van der Waals surface area contributed by atoms with Gasteiger partial charge in [-0.05, 0) is 60.2 Å². The van der Waals surface area contributed by atoms with E-state index in [9.17, 15) is 9.59 Å². The number of hydrogen-bond donors (Lipinski definition) is 2. The highest BCUT2D eigenvalue weighted by Gasteiger charge is 2.23. The van der Waals surface area contributed by atoms with Crippen LogP contribution in [0.3, 0.4) is 0 Å². The third-order valence-corrected chi connectivity index (χ3v) is 6.45. The number of para-hydroxylation sites is 1. The molecule has 6 heteroatoms. The predicted octanol–water partition coefficient (Wildman–Crippen LogP) is 4.30. The van der Waals surface area contributed by atoms with Gasteiger partial charge in [0.15, 0.2) is 0 Å². The van der Waals surface area contributed by atoms with Crippen LogP contribution >= 0.6 is 0 Å². The lowest BCUT2D eigenvalue weighted by atomic mass is 10.1. The van der Waals surface area contributed by atoms with Gasteiger partial charge in [0.25, 0.3) is 11.8 Å². The zero-order valence-electron chi connectivity index (χ0n) is 19.1. The maximum Gasteiger partial charge on any atom is 0.253 e. The van der Waals surface area contributed by atoms with Gasteiger partial charge in [0, 0.05) is 43.2 Å². The molecule has 2 aliphatic rings. The molecule has 3 aromatic rings. The molecule has 1 atom stereocenters.